The van der Waals surface area contributed by atoms with Gasteiger partial charge in [0, 0.05) is 16.2 Å². The number of nitrogens with one attached hydrogen (secondary N) is 1. The smallest absolute Gasteiger partial charge is 0.266 e. The summed E-state index contributed by atoms with van der Waals surface area (Å²) in [6, 6.07) is 12.4. The fourth-order valence-corrected chi connectivity index (χ4v) is 2.86. The minimum absolute atomic E-state index is 0.0475. The van der Waals surface area contributed by atoms with Crippen molar-refractivity contribution in [1.29, 1.82) is 5.26 Å². The molecule has 0 spiro atoms. The van der Waals surface area contributed by atoms with Gasteiger partial charge < -0.3 is 19.5 Å². The Kier molecular flexibility index (Phi) is 7.90. The standard InChI is InChI=1S/C21H21BrN2O4/c1-4-27-17-8-6-7-16(11-17)24-21(25)15(13-23)9-14-10-19(26-3)20(28-5-2)12-18(14)22/h6-12H,4-5H2,1-3H3,(H,24,25)/b15-9-. The number of anilines is 1. The van der Waals surface area contributed by atoms with E-state index in [1.165, 1.54) is 13.2 Å². The van der Waals surface area contributed by atoms with Crippen molar-refractivity contribution in [1.82, 2.24) is 0 Å². The third-order valence-electron chi connectivity index (χ3n) is 3.65. The van der Waals surface area contributed by atoms with Crippen molar-refractivity contribution < 1.29 is 19.0 Å². The van der Waals surface area contributed by atoms with Crippen molar-refractivity contribution in [2.24, 2.45) is 0 Å². The molecule has 0 radical (unpaired) electrons. The first-order valence-corrected chi connectivity index (χ1v) is 9.48. The lowest BCUT2D eigenvalue weighted by Crippen LogP contribution is -2.13. The average molecular weight is 445 g/mol. The lowest BCUT2D eigenvalue weighted by atomic mass is 10.1. The number of carbonyl (C=O) groups is 1. The van der Waals surface area contributed by atoms with Crippen LogP contribution in [0.2, 0.25) is 0 Å². The molecule has 0 heterocycles. The molecule has 0 aromatic heterocycles. The van der Waals surface area contributed by atoms with Crippen molar-refractivity contribution >= 4 is 33.6 Å². The van der Waals surface area contributed by atoms with Crippen molar-refractivity contribution in [3.05, 3.63) is 52.0 Å². The van der Waals surface area contributed by atoms with Crippen LogP contribution in [0.1, 0.15) is 19.4 Å². The fourth-order valence-electron chi connectivity index (χ4n) is 2.42. The summed E-state index contributed by atoms with van der Waals surface area (Å²) < 4.78 is 16.9. The molecule has 6 nitrogen and oxygen atoms in total. The van der Waals surface area contributed by atoms with Gasteiger partial charge in [0.15, 0.2) is 11.5 Å². The van der Waals surface area contributed by atoms with Crippen LogP contribution >= 0.6 is 15.9 Å². The Hall–Kier alpha value is -2.98. The molecule has 0 aliphatic rings. The normalized spacial score (nSPS) is 10.8. The van der Waals surface area contributed by atoms with E-state index >= 15 is 0 Å². The van der Waals surface area contributed by atoms with Crippen molar-refractivity contribution in [2.45, 2.75) is 13.8 Å². The zero-order valence-electron chi connectivity index (χ0n) is 15.9. The van der Waals surface area contributed by atoms with Crippen LogP contribution < -0.4 is 19.5 Å². The number of rotatable bonds is 8. The van der Waals surface area contributed by atoms with Crippen LogP contribution in [-0.4, -0.2) is 26.2 Å². The SMILES string of the molecule is CCOc1cccc(NC(=O)/C(C#N)=C\c2cc(OC)c(OCC)cc2Br)c1. The molecule has 2 aromatic rings. The number of nitriles is 1. The monoisotopic (exact) mass is 444 g/mol. The number of carbonyl (C=O) groups excluding carboxylic acids is 1. The molecular weight excluding hydrogens is 424 g/mol. The van der Waals surface area contributed by atoms with Gasteiger partial charge in [-0.3, -0.25) is 4.79 Å². The molecule has 1 N–H and O–H groups in total. The maximum atomic E-state index is 12.5. The summed E-state index contributed by atoms with van der Waals surface area (Å²) >= 11 is 3.44. The molecule has 146 valence electrons. The van der Waals surface area contributed by atoms with Crippen LogP contribution in [0.15, 0.2) is 46.4 Å². The summed E-state index contributed by atoms with van der Waals surface area (Å²) in [5.74, 6) is 1.21. The van der Waals surface area contributed by atoms with Crippen LogP contribution in [0.3, 0.4) is 0 Å². The minimum atomic E-state index is -0.518. The predicted octanol–water partition coefficient (Wildman–Crippen LogP) is 4.80. The second kappa shape index (κ2) is 10.4. The molecule has 2 rings (SSSR count). The van der Waals surface area contributed by atoms with E-state index in [2.05, 4.69) is 21.2 Å². The second-order valence-corrected chi connectivity index (χ2v) is 6.40. The molecule has 0 aliphatic heterocycles. The van der Waals surface area contributed by atoms with Crippen molar-refractivity contribution in [3.8, 4) is 23.3 Å². The molecule has 0 aliphatic carbocycles. The Morgan fingerprint density at radius 1 is 1.18 bits per heavy atom. The van der Waals surface area contributed by atoms with E-state index in [4.69, 9.17) is 14.2 Å². The zero-order chi connectivity index (χ0) is 20.5. The number of methoxy groups -OCH3 is 1. The molecule has 1 amide bonds. The van der Waals surface area contributed by atoms with Gasteiger partial charge in [0.1, 0.15) is 17.4 Å². The third-order valence-corrected chi connectivity index (χ3v) is 4.34. The van der Waals surface area contributed by atoms with Crippen LogP contribution in [0.4, 0.5) is 5.69 Å². The summed E-state index contributed by atoms with van der Waals surface area (Å²) in [6.07, 6.45) is 1.49. The summed E-state index contributed by atoms with van der Waals surface area (Å²) in [4.78, 5) is 12.5. The Labute approximate surface area is 172 Å². The Balaban J connectivity index is 2.29. The summed E-state index contributed by atoms with van der Waals surface area (Å²) in [6.45, 7) is 4.77. The lowest BCUT2D eigenvalue weighted by molar-refractivity contribution is -0.112. The number of hydrogen-bond acceptors (Lipinski definition) is 5. The summed E-state index contributed by atoms with van der Waals surface area (Å²) in [5.41, 5.74) is 1.12. The highest BCUT2D eigenvalue weighted by Crippen LogP contribution is 2.34. The molecular formula is C21H21BrN2O4. The molecule has 2 aromatic carbocycles. The maximum absolute atomic E-state index is 12.5. The van der Waals surface area contributed by atoms with E-state index in [-0.39, 0.29) is 5.57 Å². The molecule has 0 bridgehead atoms. The summed E-state index contributed by atoms with van der Waals surface area (Å²) in [7, 11) is 1.53. The molecule has 0 fully saturated rings. The van der Waals surface area contributed by atoms with Crippen LogP contribution in [0.5, 0.6) is 17.2 Å². The second-order valence-electron chi connectivity index (χ2n) is 5.54. The number of amides is 1. The van der Waals surface area contributed by atoms with Gasteiger partial charge in [-0.15, -0.1) is 0 Å². The van der Waals surface area contributed by atoms with Gasteiger partial charge in [0.2, 0.25) is 0 Å². The highest BCUT2D eigenvalue weighted by molar-refractivity contribution is 9.10. The van der Waals surface area contributed by atoms with Crippen molar-refractivity contribution in [2.75, 3.05) is 25.6 Å². The summed E-state index contributed by atoms with van der Waals surface area (Å²) in [5, 5.41) is 12.2. The zero-order valence-corrected chi connectivity index (χ0v) is 17.5. The predicted molar refractivity (Wildman–Crippen MR) is 112 cm³/mol. The maximum Gasteiger partial charge on any atom is 0.266 e. The quantitative estimate of drug-likeness (QED) is 0.467. The van der Waals surface area contributed by atoms with Gasteiger partial charge in [-0.2, -0.15) is 5.26 Å². The number of nitrogens with zero attached hydrogens (tertiary/aromatic N) is 1. The van der Waals surface area contributed by atoms with E-state index in [0.717, 1.165) is 0 Å². The molecule has 0 saturated heterocycles. The largest absolute Gasteiger partial charge is 0.494 e. The van der Waals surface area contributed by atoms with Crippen LogP contribution in [0.25, 0.3) is 6.08 Å². The lowest BCUT2D eigenvalue weighted by Gasteiger charge is -2.12. The third kappa shape index (κ3) is 5.51. The van der Waals surface area contributed by atoms with Gasteiger partial charge in [0.05, 0.1) is 20.3 Å². The molecule has 7 heteroatoms. The number of ether oxygens (including phenoxy) is 3. The van der Waals surface area contributed by atoms with Gasteiger partial charge in [-0.25, -0.2) is 0 Å². The van der Waals surface area contributed by atoms with E-state index in [1.54, 1.807) is 36.4 Å². The molecule has 0 unspecified atom stereocenters. The van der Waals surface area contributed by atoms with Gasteiger partial charge in [-0.05, 0) is 49.8 Å². The minimum Gasteiger partial charge on any atom is -0.494 e. The fraction of sp³-hybridized carbons (Fsp3) is 0.238. The number of benzene rings is 2. The molecule has 0 saturated carbocycles. The topological polar surface area (TPSA) is 80.6 Å². The Bertz CT molecular complexity index is 919. The van der Waals surface area contributed by atoms with Crippen LogP contribution in [-0.2, 0) is 4.79 Å². The first kappa shape index (κ1) is 21.3. The highest BCUT2D eigenvalue weighted by atomic mass is 79.9. The first-order valence-electron chi connectivity index (χ1n) is 8.68. The average Bonchev–Trinajstić information content (AvgIpc) is 2.68. The molecule has 0 atom stereocenters. The van der Waals surface area contributed by atoms with E-state index in [9.17, 15) is 10.1 Å². The first-order chi connectivity index (χ1) is 13.5. The van der Waals surface area contributed by atoms with Crippen molar-refractivity contribution in [3.63, 3.8) is 0 Å². The number of hydrogen-bond donors (Lipinski definition) is 1. The Morgan fingerprint density at radius 3 is 2.57 bits per heavy atom. The van der Waals surface area contributed by atoms with Crippen LogP contribution in [0, 0.1) is 11.3 Å². The van der Waals surface area contributed by atoms with E-state index in [0.29, 0.717) is 46.2 Å². The van der Waals surface area contributed by atoms with Gasteiger partial charge in [0.25, 0.3) is 5.91 Å². The highest BCUT2D eigenvalue weighted by Gasteiger charge is 2.14. The van der Waals surface area contributed by atoms with Gasteiger partial charge in [-0.1, -0.05) is 22.0 Å². The Morgan fingerprint density at radius 2 is 1.93 bits per heavy atom. The number of halogens is 1. The molecule has 28 heavy (non-hydrogen) atoms. The van der Waals surface area contributed by atoms with Gasteiger partial charge >= 0.3 is 0 Å². The van der Waals surface area contributed by atoms with E-state index < -0.39 is 5.91 Å². The van der Waals surface area contributed by atoms with E-state index in [1.807, 2.05) is 19.9 Å².